The molecule has 1 aromatic rings. The molecule has 1 aromatic carbocycles. The molecule has 0 unspecified atom stereocenters. The van der Waals surface area contributed by atoms with Gasteiger partial charge in [-0.25, -0.2) is 5.84 Å². The molecule has 2 N–H and O–H groups in total. The Bertz CT molecular complexity index is 264. The molecule has 0 bridgehead atoms. The zero-order valence-electron chi connectivity index (χ0n) is 5.70. The van der Waals surface area contributed by atoms with Crippen molar-refractivity contribution in [2.75, 3.05) is 5.01 Å². The van der Waals surface area contributed by atoms with Gasteiger partial charge in [0.2, 0.25) is 6.41 Å². The molecule has 0 aliphatic carbocycles. The Kier molecular flexibility index (Phi) is 2.62. The number of anilines is 1. The standard InChI is InChI=1S/C7H7BrN2O/c8-6-2-1-3-7(4-6)10(9)5-11/h1-5H,9H2. The molecule has 0 aromatic heterocycles. The maximum Gasteiger partial charge on any atom is 0.228 e. The summed E-state index contributed by atoms with van der Waals surface area (Å²) in [6.07, 6.45) is 0.557. The molecule has 1 rings (SSSR count). The summed E-state index contributed by atoms with van der Waals surface area (Å²) in [5.74, 6) is 5.31. The Morgan fingerprint density at radius 1 is 1.55 bits per heavy atom. The van der Waals surface area contributed by atoms with Crippen molar-refractivity contribution in [2.45, 2.75) is 0 Å². The van der Waals surface area contributed by atoms with Crippen LogP contribution in [0.25, 0.3) is 0 Å². The molecule has 0 heterocycles. The lowest BCUT2D eigenvalue weighted by Gasteiger charge is -2.09. The number of amides is 1. The van der Waals surface area contributed by atoms with Crippen LogP contribution in [0.4, 0.5) is 5.69 Å². The predicted molar refractivity (Wildman–Crippen MR) is 46.9 cm³/mol. The van der Waals surface area contributed by atoms with Gasteiger partial charge in [-0.3, -0.25) is 9.80 Å². The summed E-state index contributed by atoms with van der Waals surface area (Å²) in [4.78, 5) is 10.2. The van der Waals surface area contributed by atoms with Gasteiger partial charge in [0.05, 0.1) is 5.69 Å². The van der Waals surface area contributed by atoms with Crippen LogP contribution in [0.15, 0.2) is 28.7 Å². The fraction of sp³-hybridized carbons (Fsp3) is 0. The van der Waals surface area contributed by atoms with Gasteiger partial charge in [0.15, 0.2) is 0 Å². The predicted octanol–water partition coefficient (Wildman–Crippen LogP) is 1.29. The van der Waals surface area contributed by atoms with E-state index in [0.29, 0.717) is 12.1 Å². The maximum atomic E-state index is 10.2. The molecule has 0 aliphatic rings. The molecule has 1 amide bonds. The molecule has 0 saturated carbocycles. The maximum absolute atomic E-state index is 10.2. The Balaban J connectivity index is 2.95. The third kappa shape index (κ3) is 2.03. The van der Waals surface area contributed by atoms with E-state index in [1.165, 1.54) is 0 Å². The lowest BCUT2D eigenvalue weighted by Crippen LogP contribution is -2.28. The van der Waals surface area contributed by atoms with Gasteiger partial charge in [0.1, 0.15) is 0 Å². The van der Waals surface area contributed by atoms with E-state index >= 15 is 0 Å². The van der Waals surface area contributed by atoms with E-state index in [1.807, 2.05) is 12.1 Å². The summed E-state index contributed by atoms with van der Waals surface area (Å²) in [7, 11) is 0. The van der Waals surface area contributed by atoms with Crippen LogP contribution in [0, 0.1) is 0 Å². The number of carbonyl (C=O) groups is 1. The zero-order valence-corrected chi connectivity index (χ0v) is 7.28. The van der Waals surface area contributed by atoms with Crippen molar-refractivity contribution in [3.8, 4) is 0 Å². The summed E-state index contributed by atoms with van der Waals surface area (Å²) in [6, 6.07) is 7.18. The van der Waals surface area contributed by atoms with Crippen LogP contribution in [-0.2, 0) is 4.79 Å². The highest BCUT2D eigenvalue weighted by molar-refractivity contribution is 9.10. The fourth-order valence-corrected chi connectivity index (χ4v) is 1.08. The number of hydrogen-bond acceptors (Lipinski definition) is 2. The van der Waals surface area contributed by atoms with Crippen LogP contribution in [0.2, 0.25) is 0 Å². The quantitative estimate of drug-likeness (QED) is 0.349. The molecule has 3 nitrogen and oxygen atoms in total. The van der Waals surface area contributed by atoms with Gasteiger partial charge in [-0.05, 0) is 18.2 Å². The normalized spacial score (nSPS) is 9.27. The van der Waals surface area contributed by atoms with Gasteiger partial charge in [-0.15, -0.1) is 0 Å². The van der Waals surface area contributed by atoms with Crippen LogP contribution in [0.1, 0.15) is 0 Å². The molecule has 0 radical (unpaired) electrons. The van der Waals surface area contributed by atoms with Gasteiger partial charge < -0.3 is 0 Å². The monoisotopic (exact) mass is 214 g/mol. The smallest absolute Gasteiger partial charge is 0.228 e. The van der Waals surface area contributed by atoms with Crippen LogP contribution in [-0.4, -0.2) is 6.41 Å². The number of halogens is 1. The van der Waals surface area contributed by atoms with E-state index in [0.717, 1.165) is 9.48 Å². The van der Waals surface area contributed by atoms with Crippen LogP contribution in [0.3, 0.4) is 0 Å². The van der Waals surface area contributed by atoms with Crippen molar-refractivity contribution in [2.24, 2.45) is 5.84 Å². The zero-order chi connectivity index (χ0) is 8.27. The van der Waals surface area contributed by atoms with Crippen molar-refractivity contribution in [3.63, 3.8) is 0 Å². The first-order chi connectivity index (χ1) is 5.24. The Morgan fingerprint density at radius 3 is 2.82 bits per heavy atom. The summed E-state index contributed by atoms with van der Waals surface area (Å²) in [6.45, 7) is 0. The minimum atomic E-state index is 0.557. The SMILES string of the molecule is NN(C=O)c1cccc(Br)c1. The highest BCUT2D eigenvalue weighted by Gasteiger charge is 1.97. The Morgan fingerprint density at radius 2 is 2.27 bits per heavy atom. The van der Waals surface area contributed by atoms with Gasteiger partial charge in [-0.1, -0.05) is 22.0 Å². The summed E-state index contributed by atoms with van der Waals surface area (Å²) in [5, 5.41) is 1.02. The van der Waals surface area contributed by atoms with Gasteiger partial charge in [-0.2, -0.15) is 0 Å². The third-order valence-corrected chi connectivity index (χ3v) is 1.71. The van der Waals surface area contributed by atoms with Gasteiger partial charge in [0, 0.05) is 4.47 Å². The average Bonchev–Trinajstić information content (AvgIpc) is 2.03. The van der Waals surface area contributed by atoms with E-state index in [4.69, 9.17) is 5.84 Å². The average molecular weight is 215 g/mol. The number of carbonyl (C=O) groups excluding carboxylic acids is 1. The summed E-state index contributed by atoms with van der Waals surface area (Å²) < 4.78 is 0.896. The molecular weight excluding hydrogens is 208 g/mol. The van der Waals surface area contributed by atoms with E-state index in [2.05, 4.69) is 15.9 Å². The highest BCUT2D eigenvalue weighted by Crippen LogP contribution is 2.16. The van der Waals surface area contributed by atoms with Crippen molar-refractivity contribution < 1.29 is 4.79 Å². The molecule has 0 saturated heterocycles. The second-order valence-corrected chi connectivity index (χ2v) is 2.91. The minimum absolute atomic E-state index is 0.557. The molecule has 0 aliphatic heterocycles. The molecule has 0 spiro atoms. The largest absolute Gasteiger partial charge is 0.277 e. The van der Waals surface area contributed by atoms with E-state index in [-0.39, 0.29) is 0 Å². The minimum Gasteiger partial charge on any atom is -0.277 e. The first-order valence-electron chi connectivity index (χ1n) is 2.99. The van der Waals surface area contributed by atoms with Gasteiger partial charge >= 0.3 is 0 Å². The highest BCUT2D eigenvalue weighted by atomic mass is 79.9. The second kappa shape index (κ2) is 3.50. The van der Waals surface area contributed by atoms with Crippen molar-refractivity contribution in [1.82, 2.24) is 0 Å². The molecule has 0 atom stereocenters. The van der Waals surface area contributed by atoms with Crippen molar-refractivity contribution in [3.05, 3.63) is 28.7 Å². The Labute approximate surface area is 72.9 Å². The van der Waals surface area contributed by atoms with Crippen LogP contribution < -0.4 is 10.9 Å². The molecule has 0 fully saturated rings. The molecular formula is C7H7BrN2O. The van der Waals surface area contributed by atoms with Crippen LogP contribution >= 0.6 is 15.9 Å². The molecule has 4 heteroatoms. The summed E-state index contributed by atoms with van der Waals surface area (Å²) in [5.41, 5.74) is 0.661. The Hall–Kier alpha value is -0.870. The fourth-order valence-electron chi connectivity index (χ4n) is 0.698. The van der Waals surface area contributed by atoms with Crippen LogP contribution in [0.5, 0.6) is 0 Å². The number of benzene rings is 1. The lowest BCUT2D eigenvalue weighted by atomic mass is 10.3. The van der Waals surface area contributed by atoms with Crippen molar-refractivity contribution in [1.29, 1.82) is 0 Å². The number of hydrazine groups is 1. The second-order valence-electron chi connectivity index (χ2n) is 1.99. The topological polar surface area (TPSA) is 46.3 Å². The number of rotatable bonds is 2. The number of nitrogens with two attached hydrogens (primary N) is 1. The first-order valence-corrected chi connectivity index (χ1v) is 3.78. The number of hydrogen-bond donors (Lipinski definition) is 1. The van der Waals surface area contributed by atoms with E-state index in [1.54, 1.807) is 12.1 Å². The molecule has 58 valence electrons. The molecule has 11 heavy (non-hydrogen) atoms. The van der Waals surface area contributed by atoms with E-state index < -0.39 is 0 Å². The van der Waals surface area contributed by atoms with Crippen molar-refractivity contribution >= 4 is 28.0 Å². The first kappa shape index (κ1) is 8.23. The summed E-state index contributed by atoms with van der Waals surface area (Å²) >= 11 is 3.26. The van der Waals surface area contributed by atoms with E-state index in [9.17, 15) is 4.79 Å². The third-order valence-electron chi connectivity index (χ3n) is 1.22. The lowest BCUT2D eigenvalue weighted by molar-refractivity contribution is -0.107. The number of nitrogens with zero attached hydrogens (tertiary/aromatic N) is 1. The van der Waals surface area contributed by atoms with Gasteiger partial charge in [0.25, 0.3) is 0 Å².